The van der Waals surface area contributed by atoms with Gasteiger partial charge in [0.15, 0.2) is 8.32 Å². The standard InChI is InChI=1S/C22H33NO3SSi/c1-8-17-23(27(24,25)21-15-9-18(2)10-16-21)19-11-13-20(14-12-19)26-28(6,7)22(3,4)5/h1,9-11,13,15-16,19-20H,12,14,17H2,2-7H3. The number of rotatable bonds is 6. The Bertz CT molecular complexity index is 845. The Morgan fingerprint density at radius 2 is 1.79 bits per heavy atom. The number of aryl methyl sites for hydroxylation is 1. The Morgan fingerprint density at radius 3 is 2.25 bits per heavy atom. The van der Waals surface area contributed by atoms with Crippen molar-refractivity contribution in [2.45, 2.75) is 75.7 Å². The van der Waals surface area contributed by atoms with Crippen molar-refractivity contribution in [3.63, 3.8) is 0 Å². The zero-order valence-electron chi connectivity index (χ0n) is 17.9. The van der Waals surface area contributed by atoms with Crippen LogP contribution < -0.4 is 0 Å². The van der Waals surface area contributed by atoms with Crippen LogP contribution in [-0.4, -0.2) is 39.7 Å². The smallest absolute Gasteiger partial charge is 0.244 e. The molecule has 1 aromatic carbocycles. The van der Waals surface area contributed by atoms with Gasteiger partial charge in [0.05, 0.1) is 17.5 Å². The molecule has 0 saturated heterocycles. The van der Waals surface area contributed by atoms with E-state index in [2.05, 4.69) is 39.8 Å². The molecule has 0 aromatic heterocycles. The van der Waals surface area contributed by atoms with Crippen molar-refractivity contribution in [2.24, 2.45) is 0 Å². The van der Waals surface area contributed by atoms with Crippen LogP contribution in [0.3, 0.4) is 0 Å². The highest BCUT2D eigenvalue weighted by Gasteiger charge is 2.40. The maximum Gasteiger partial charge on any atom is 0.244 e. The van der Waals surface area contributed by atoms with E-state index in [-0.39, 0.29) is 28.6 Å². The van der Waals surface area contributed by atoms with Crippen molar-refractivity contribution >= 4 is 18.3 Å². The van der Waals surface area contributed by atoms with Crippen molar-refractivity contribution in [1.29, 1.82) is 0 Å². The first kappa shape index (κ1) is 22.9. The van der Waals surface area contributed by atoms with E-state index < -0.39 is 18.3 Å². The fraction of sp³-hybridized carbons (Fsp3) is 0.545. The second-order valence-corrected chi connectivity index (χ2v) is 15.7. The van der Waals surface area contributed by atoms with Gasteiger partial charge in [-0.3, -0.25) is 0 Å². The van der Waals surface area contributed by atoms with Gasteiger partial charge in [0, 0.05) is 6.04 Å². The van der Waals surface area contributed by atoms with Crippen LogP contribution >= 0.6 is 0 Å². The van der Waals surface area contributed by atoms with Crippen LogP contribution in [0.5, 0.6) is 0 Å². The maximum atomic E-state index is 13.1. The summed E-state index contributed by atoms with van der Waals surface area (Å²) in [7, 11) is -5.51. The highest BCUT2D eigenvalue weighted by molar-refractivity contribution is 7.89. The topological polar surface area (TPSA) is 46.6 Å². The van der Waals surface area contributed by atoms with E-state index in [1.54, 1.807) is 24.3 Å². The zero-order valence-corrected chi connectivity index (χ0v) is 19.7. The van der Waals surface area contributed by atoms with Gasteiger partial charge in [0.2, 0.25) is 10.0 Å². The molecule has 0 N–H and O–H groups in total. The molecular weight excluding hydrogens is 386 g/mol. The lowest BCUT2D eigenvalue weighted by atomic mass is 10.0. The summed E-state index contributed by atoms with van der Waals surface area (Å²) < 4.78 is 34.2. The molecule has 0 aliphatic heterocycles. The quantitative estimate of drug-likeness (QED) is 0.380. The number of terminal acetylenes is 1. The average Bonchev–Trinajstić information content (AvgIpc) is 2.59. The van der Waals surface area contributed by atoms with Gasteiger partial charge >= 0.3 is 0 Å². The number of nitrogens with zero attached hydrogens (tertiary/aromatic N) is 1. The second kappa shape index (κ2) is 8.54. The van der Waals surface area contributed by atoms with Gasteiger partial charge in [-0.05, 0) is 50.0 Å². The molecule has 0 radical (unpaired) electrons. The SMILES string of the molecule is C#CCN(C1C=CC(O[Si](C)(C)C(C)(C)C)CC1)S(=O)(=O)c1ccc(C)cc1. The molecule has 154 valence electrons. The van der Waals surface area contributed by atoms with Crippen molar-refractivity contribution in [3.8, 4) is 12.3 Å². The highest BCUT2D eigenvalue weighted by atomic mass is 32.2. The predicted molar refractivity (Wildman–Crippen MR) is 118 cm³/mol. The molecule has 0 fully saturated rings. The molecule has 2 atom stereocenters. The normalized spacial score (nSPS) is 20.9. The summed E-state index contributed by atoms with van der Waals surface area (Å²) in [5.74, 6) is 2.51. The van der Waals surface area contributed by atoms with Gasteiger partial charge < -0.3 is 4.43 Å². The van der Waals surface area contributed by atoms with E-state index in [9.17, 15) is 8.42 Å². The number of hydrogen-bond donors (Lipinski definition) is 0. The molecule has 2 rings (SSSR count). The van der Waals surface area contributed by atoms with Gasteiger partial charge in [0.25, 0.3) is 0 Å². The first-order chi connectivity index (χ1) is 12.9. The van der Waals surface area contributed by atoms with Gasteiger partial charge in [-0.1, -0.05) is 56.5 Å². The fourth-order valence-electron chi connectivity index (χ4n) is 2.99. The zero-order chi connectivity index (χ0) is 21.2. The molecule has 0 spiro atoms. The first-order valence-corrected chi connectivity index (χ1v) is 14.1. The lowest BCUT2D eigenvalue weighted by Gasteiger charge is -2.40. The Labute approximate surface area is 172 Å². The summed E-state index contributed by atoms with van der Waals surface area (Å²) in [6, 6.07) is 6.65. The monoisotopic (exact) mass is 419 g/mol. The summed E-state index contributed by atoms with van der Waals surface area (Å²) in [4.78, 5) is 0.279. The predicted octanol–water partition coefficient (Wildman–Crippen LogP) is 4.73. The fourth-order valence-corrected chi connectivity index (χ4v) is 5.82. The third kappa shape index (κ3) is 5.15. The second-order valence-electron chi connectivity index (χ2n) is 9.01. The van der Waals surface area contributed by atoms with Crippen molar-refractivity contribution in [1.82, 2.24) is 4.31 Å². The van der Waals surface area contributed by atoms with Crippen LogP contribution in [0, 0.1) is 19.3 Å². The van der Waals surface area contributed by atoms with Crippen LogP contribution in [0.1, 0.15) is 39.2 Å². The largest absolute Gasteiger partial charge is 0.411 e. The minimum absolute atomic E-state index is 0.0342. The summed E-state index contributed by atoms with van der Waals surface area (Å²) in [6.07, 6.45) is 11.0. The number of sulfonamides is 1. The Balaban J connectivity index is 2.20. The Hall–Kier alpha value is -1.39. The molecule has 0 amide bonds. The molecule has 28 heavy (non-hydrogen) atoms. The van der Waals surface area contributed by atoms with Crippen LogP contribution in [-0.2, 0) is 14.4 Å². The van der Waals surface area contributed by atoms with Crippen LogP contribution in [0.2, 0.25) is 18.1 Å². The van der Waals surface area contributed by atoms with Crippen LogP contribution in [0.25, 0.3) is 0 Å². The van der Waals surface area contributed by atoms with E-state index in [1.807, 2.05) is 19.1 Å². The van der Waals surface area contributed by atoms with E-state index in [0.29, 0.717) is 6.42 Å². The number of hydrogen-bond acceptors (Lipinski definition) is 3. The van der Waals surface area contributed by atoms with E-state index >= 15 is 0 Å². The Kier molecular flexibility index (Phi) is 6.98. The van der Waals surface area contributed by atoms with Crippen molar-refractivity contribution in [2.75, 3.05) is 6.54 Å². The molecule has 1 aromatic rings. The minimum atomic E-state index is -3.65. The highest BCUT2D eigenvalue weighted by Crippen LogP contribution is 2.38. The molecule has 6 heteroatoms. The molecule has 1 aliphatic carbocycles. The lowest BCUT2D eigenvalue weighted by Crippen LogP contribution is -2.46. The average molecular weight is 420 g/mol. The molecule has 0 heterocycles. The molecular formula is C22H33NO3SSi. The summed E-state index contributed by atoms with van der Waals surface area (Å²) in [5.41, 5.74) is 1.02. The summed E-state index contributed by atoms with van der Waals surface area (Å²) in [5, 5.41) is 0.141. The molecule has 0 bridgehead atoms. The van der Waals surface area contributed by atoms with Crippen molar-refractivity contribution in [3.05, 3.63) is 42.0 Å². The van der Waals surface area contributed by atoms with E-state index in [0.717, 1.165) is 12.0 Å². The molecule has 0 saturated carbocycles. The van der Waals surface area contributed by atoms with Crippen LogP contribution in [0.4, 0.5) is 0 Å². The molecule has 4 nitrogen and oxygen atoms in total. The third-order valence-corrected chi connectivity index (χ3v) is 12.2. The first-order valence-electron chi connectivity index (χ1n) is 9.76. The van der Waals surface area contributed by atoms with Gasteiger partial charge in [-0.2, -0.15) is 4.31 Å². The summed E-state index contributed by atoms with van der Waals surface area (Å²) in [6.45, 7) is 13.1. The van der Waals surface area contributed by atoms with Gasteiger partial charge in [-0.25, -0.2) is 8.42 Å². The van der Waals surface area contributed by atoms with Crippen LogP contribution in [0.15, 0.2) is 41.3 Å². The number of benzene rings is 1. The third-order valence-electron chi connectivity index (χ3n) is 5.79. The van der Waals surface area contributed by atoms with E-state index in [1.165, 1.54) is 4.31 Å². The Morgan fingerprint density at radius 1 is 1.18 bits per heavy atom. The lowest BCUT2D eigenvalue weighted by molar-refractivity contribution is 0.193. The summed E-state index contributed by atoms with van der Waals surface area (Å²) >= 11 is 0. The maximum absolute atomic E-state index is 13.1. The van der Waals surface area contributed by atoms with E-state index in [4.69, 9.17) is 10.8 Å². The molecule has 2 unspecified atom stereocenters. The molecule has 1 aliphatic rings. The minimum Gasteiger partial charge on any atom is -0.411 e. The van der Waals surface area contributed by atoms with Crippen molar-refractivity contribution < 1.29 is 12.8 Å². The van der Waals surface area contributed by atoms with Gasteiger partial charge in [0.1, 0.15) is 0 Å². The van der Waals surface area contributed by atoms with Gasteiger partial charge in [-0.15, -0.1) is 6.42 Å².